The van der Waals surface area contributed by atoms with E-state index < -0.39 is 18.2 Å². The van der Waals surface area contributed by atoms with Gasteiger partial charge in [-0.2, -0.15) is 0 Å². The lowest BCUT2D eigenvalue weighted by molar-refractivity contribution is 0.114. The third-order valence-corrected chi connectivity index (χ3v) is 5.28. The molecule has 0 radical (unpaired) electrons. The number of carbonyl (C=O) groups excluding carboxylic acids is 1. The molecule has 0 fully saturated rings. The van der Waals surface area contributed by atoms with Crippen LogP contribution in [0.1, 0.15) is 29.2 Å². The van der Waals surface area contributed by atoms with Crippen LogP contribution < -0.4 is 15.4 Å². The molecule has 3 N–H and O–H groups in total. The lowest BCUT2D eigenvalue weighted by Crippen LogP contribution is -2.41. The van der Waals surface area contributed by atoms with E-state index in [1.165, 1.54) is 0 Å². The SMILES string of the molecule is COc1nn(-c2ccccc2)c(NC(=O)N[C@@H]2c3ccccc3CC[C@@H]2O)c1C. The van der Waals surface area contributed by atoms with Crippen molar-refractivity contribution in [1.29, 1.82) is 0 Å². The topological polar surface area (TPSA) is 88.4 Å². The molecule has 0 aliphatic heterocycles. The molecule has 0 spiro atoms. The molecule has 1 aliphatic carbocycles. The molecule has 2 amide bonds. The summed E-state index contributed by atoms with van der Waals surface area (Å²) in [6, 6.07) is 16.5. The minimum atomic E-state index is -0.634. The number of amides is 2. The Kier molecular flexibility index (Phi) is 5.22. The van der Waals surface area contributed by atoms with Gasteiger partial charge in [-0.25, -0.2) is 9.48 Å². The summed E-state index contributed by atoms with van der Waals surface area (Å²) in [5, 5.41) is 20.7. The summed E-state index contributed by atoms with van der Waals surface area (Å²) in [5.74, 6) is 0.955. The van der Waals surface area contributed by atoms with Crippen molar-refractivity contribution in [3.8, 4) is 11.6 Å². The second kappa shape index (κ2) is 7.97. The first-order chi connectivity index (χ1) is 14.1. The number of aliphatic hydroxyl groups is 1. The van der Waals surface area contributed by atoms with Crippen molar-refractivity contribution in [2.45, 2.75) is 31.9 Å². The van der Waals surface area contributed by atoms with E-state index in [4.69, 9.17) is 4.74 Å². The molecule has 1 heterocycles. The van der Waals surface area contributed by atoms with Gasteiger partial charge in [-0.3, -0.25) is 5.32 Å². The number of nitrogens with one attached hydrogen (secondary N) is 2. The molecule has 1 aliphatic rings. The number of aryl methyl sites for hydroxylation is 1. The lowest BCUT2D eigenvalue weighted by Gasteiger charge is -2.31. The molecule has 0 bridgehead atoms. The van der Waals surface area contributed by atoms with Crippen LogP contribution in [0.25, 0.3) is 5.69 Å². The number of anilines is 1. The first kappa shape index (κ1) is 19.0. The van der Waals surface area contributed by atoms with Gasteiger partial charge in [-0.1, -0.05) is 42.5 Å². The van der Waals surface area contributed by atoms with E-state index in [2.05, 4.69) is 15.7 Å². The summed E-state index contributed by atoms with van der Waals surface area (Å²) in [4.78, 5) is 12.9. The van der Waals surface area contributed by atoms with E-state index in [0.717, 1.165) is 28.8 Å². The first-order valence-electron chi connectivity index (χ1n) is 9.61. The van der Waals surface area contributed by atoms with E-state index in [-0.39, 0.29) is 0 Å². The van der Waals surface area contributed by atoms with Crippen LogP contribution in [-0.2, 0) is 6.42 Å². The number of hydrogen-bond acceptors (Lipinski definition) is 4. The maximum Gasteiger partial charge on any atom is 0.320 e. The van der Waals surface area contributed by atoms with E-state index in [0.29, 0.717) is 18.1 Å². The van der Waals surface area contributed by atoms with E-state index in [1.54, 1.807) is 11.8 Å². The molecular formula is C22H24N4O3. The largest absolute Gasteiger partial charge is 0.480 e. The van der Waals surface area contributed by atoms with E-state index in [9.17, 15) is 9.90 Å². The zero-order valence-electron chi connectivity index (χ0n) is 16.4. The Morgan fingerprint density at radius 1 is 1.17 bits per heavy atom. The zero-order chi connectivity index (χ0) is 20.4. The van der Waals surface area contributed by atoms with Crippen LogP contribution in [0, 0.1) is 6.92 Å². The fourth-order valence-electron chi connectivity index (χ4n) is 3.77. The second-order valence-corrected chi connectivity index (χ2v) is 7.11. The second-order valence-electron chi connectivity index (χ2n) is 7.11. The van der Waals surface area contributed by atoms with Crippen molar-refractivity contribution in [2.24, 2.45) is 0 Å². The maximum absolute atomic E-state index is 12.9. The Balaban J connectivity index is 1.60. The van der Waals surface area contributed by atoms with Gasteiger partial charge >= 0.3 is 6.03 Å². The number of hydrogen-bond donors (Lipinski definition) is 3. The minimum absolute atomic E-state index is 0.409. The highest BCUT2D eigenvalue weighted by Crippen LogP contribution is 2.31. The number of nitrogens with zero attached hydrogens (tertiary/aromatic N) is 2. The highest BCUT2D eigenvalue weighted by molar-refractivity contribution is 5.90. The molecule has 7 nitrogen and oxygen atoms in total. The Hall–Kier alpha value is -3.32. The van der Waals surface area contributed by atoms with Crippen LogP contribution in [0.2, 0.25) is 0 Å². The third-order valence-electron chi connectivity index (χ3n) is 5.28. The summed E-state index contributed by atoms with van der Waals surface area (Å²) in [7, 11) is 1.55. The summed E-state index contributed by atoms with van der Waals surface area (Å²) < 4.78 is 6.98. The van der Waals surface area contributed by atoms with Crippen LogP contribution in [0.5, 0.6) is 5.88 Å². The fourth-order valence-corrected chi connectivity index (χ4v) is 3.77. The van der Waals surface area contributed by atoms with Crippen LogP contribution >= 0.6 is 0 Å². The van der Waals surface area contributed by atoms with Gasteiger partial charge in [0.1, 0.15) is 5.82 Å². The average Bonchev–Trinajstić information content (AvgIpc) is 3.06. The highest BCUT2D eigenvalue weighted by Gasteiger charge is 2.29. The summed E-state index contributed by atoms with van der Waals surface area (Å²) in [5.41, 5.74) is 3.62. The van der Waals surface area contributed by atoms with Crippen molar-refractivity contribution >= 4 is 11.8 Å². The Labute approximate surface area is 169 Å². The van der Waals surface area contributed by atoms with Gasteiger partial charge in [-0.15, -0.1) is 5.10 Å². The number of benzene rings is 2. The molecule has 4 rings (SSSR count). The molecule has 2 atom stereocenters. The summed E-state index contributed by atoms with van der Waals surface area (Å²) >= 11 is 0. The molecule has 0 unspecified atom stereocenters. The van der Waals surface area contributed by atoms with Gasteiger partial charge in [0, 0.05) is 0 Å². The van der Waals surface area contributed by atoms with Crippen LogP contribution in [0.4, 0.5) is 10.6 Å². The number of fused-ring (bicyclic) bond motifs is 1. The normalized spacial score (nSPS) is 18.0. The number of aromatic nitrogens is 2. The highest BCUT2D eigenvalue weighted by atomic mass is 16.5. The Morgan fingerprint density at radius 3 is 2.66 bits per heavy atom. The van der Waals surface area contributed by atoms with Gasteiger partial charge in [0.05, 0.1) is 30.5 Å². The van der Waals surface area contributed by atoms with Gasteiger partial charge in [0.2, 0.25) is 5.88 Å². The zero-order valence-corrected chi connectivity index (χ0v) is 16.4. The van der Waals surface area contributed by atoms with Crippen LogP contribution in [-0.4, -0.2) is 34.1 Å². The van der Waals surface area contributed by atoms with Gasteiger partial charge in [-0.05, 0) is 43.0 Å². The number of para-hydroxylation sites is 1. The predicted octanol–water partition coefficient (Wildman–Crippen LogP) is 3.36. The Bertz CT molecular complexity index is 1020. The number of methoxy groups -OCH3 is 1. The molecule has 3 aromatic rings. The van der Waals surface area contributed by atoms with E-state index >= 15 is 0 Å². The van der Waals surface area contributed by atoms with Crippen LogP contribution in [0.3, 0.4) is 0 Å². The predicted molar refractivity (Wildman–Crippen MR) is 111 cm³/mol. The Morgan fingerprint density at radius 2 is 1.90 bits per heavy atom. The first-order valence-corrected chi connectivity index (χ1v) is 9.61. The standard InChI is InChI=1S/C22H24N4O3/c1-14-20(26(25-21(14)29-2)16-9-4-3-5-10-16)24-22(28)23-19-17-11-7-6-8-15(17)12-13-18(19)27/h3-11,18-19,27H,12-13H2,1-2H3,(H2,23,24,28)/t18-,19+/m0/s1. The molecule has 1 aromatic heterocycles. The monoisotopic (exact) mass is 392 g/mol. The summed E-state index contributed by atoms with van der Waals surface area (Å²) in [6.07, 6.45) is 0.774. The number of ether oxygens (including phenoxy) is 1. The number of rotatable bonds is 4. The van der Waals surface area contributed by atoms with Crippen molar-refractivity contribution in [3.63, 3.8) is 0 Å². The van der Waals surface area contributed by atoms with Crippen molar-refractivity contribution in [3.05, 3.63) is 71.3 Å². The lowest BCUT2D eigenvalue weighted by atomic mass is 9.86. The number of aliphatic hydroxyl groups excluding tert-OH is 1. The molecule has 29 heavy (non-hydrogen) atoms. The third kappa shape index (κ3) is 3.69. The molecule has 2 aromatic carbocycles. The average molecular weight is 392 g/mol. The summed E-state index contributed by atoms with van der Waals surface area (Å²) in [6.45, 7) is 1.84. The number of carbonyl (C=O) groups is 1. The van der Waals surface area contributed by atoms with Gasteiger partial charge < -0.3 is 15.2 Å². The van der Waals surface area contributed by atoms with Crippen LogP contribution in [0.15, 0.2) is 54.6 Å². The molecule has 7 heteroatoms. The maximum atomic E-state index is 12.9. The van der Waals surface area contributed by atoms with Gasteiger partial charge in [0.25, 0.3) is 0 Å². The minimum Gasteiger partial charge on any atom is -0.480 e. The fraction of sp³-hybridized carbons (Fsp3) is 0.273. The van der Waals surface area contributed by atoms with Crippen molar-refractivity contribution < 1.29 is 14.6 Å². The number of urea groups is 1. The van der Waals surface area contributed by atoms with Crippen molar-refractivity contribution in [2.75, 3.05) is 12.4 Å². The molecule has 0 saturated heterocycles. The van der Waals surface area contributed by atoms with Gasteiger partial charge in [0.15, 0.2) is 0 Å². The van der Waals surface area contributed by atoms with Crippen molar-refractivity contribution in [1.82, 2.24) is 15.1 Å². The molecule has 0 saturated carbocycles. The smallest absolute Gasteiger partial charge is 0.320 e. The quantitative estimate of drug-likeness (QED) is 0.635. The molecular weight excluding hydrogens is 368 g/mol. The molecule has 150 valence electrons. The van der Waals surface area contributed by atoms with E-state index in [1.807, 2.05) is 61.5 Å².